The number of nitrogens with zero attached hydrogens (tertiary/aromatic N) is 3. The lowest BCUT2D eigenvalue weighted by Gasteiger charge is -2.24. The number of rotatable bonds is 9. The van der Waals surface area contributed by atoms with E-state index in [2.05, 4.69) is 24.8 Å². The van der Waals surface area contributed by atoms with Gasteiger partial charge in [0.1, 0.15) is 5.75 Å². The zero-order valence-electron chi connectivity index (χ0n) is 17.3. The van der Waals surface area contributed by atoms with Gasteiger partial charge in [0.15, 0.2) is 11.7 Å². The van der Waals surface area contributed by atoms with Gasteiger partial charge in [0.2, 0.25) is 0 Å². The molecule has 1 amide bonds. The van der Waals surface area contributed by atoms with Crippen molar-refractivity contribution < 1.29 is 9.53 Å². The van der Waals surface area contributed by atoms with Gasteiger partial charge < -0.3 is 9.64 Å². The van der Waals surface area contributed by atoms with Gasteiger partial charge in [-0.25, -0.2) is 4.98 Å². The standard InChI is InChI=1S/C22H25Cl2N3O2S/c1-4-26(5-2)10-11-27(22-25-18-8-6-15(3)12-20(18)30-22)21(28)14-29-19-9-7-16(23)13-17(19)24/h6-9,12-13H,4-5,10-11,14H2,1-3H3. The quantitative estimate of drug-likeness (QED) is 0.408. The van der Waals surface area contributed by atoms with Crippen LogP contribution in [0.3, 0.4) is 0 Å². The van der Waals surface area contributed by atoms with Gasteiger partial charge in [0.25, 0.3) is 5.91 Å². The highest BCUT2D eigenvalue weighted by molar-refractivity contribution is 7.22. The summed E-state index contributed by atoms with van der Waals surface area (Å²) >= 11 is 13.6. The fraction of sp³-hybridized carbons (Fsp3) is 0.364. The first-order valence-electron chi connectivity index (χ1n) is 9.89. The maximum Gasteiger partial charge on any atom is 0.266 e. The number of likely N-dealkylation sites (N-methyl/N-ethyl adjacent to an activating group) is 1. The molecule has 1 aromatic heterocycles. The van der Waals surface area contributed by atoms with E-state index >= 15 is 0 Å². The summed E-state index contributed by atoms with van der Waals surface area (Å²) in [6.07, 6.45) is 0. The van der Waals surface area contributed by atoms with Gasteiger partial charge >= 0.3 is 0 Å². The van der Waals surface area contributed by atoms with Crippen LogP contribution in [0.15, 0.2) is 36.4 Å². The average molecular weight is 466 g/mol. The van der Waals surface area contributed by atoms with Crippen molar-refractivity contribution >= 4 is 55.8 Å². The molecule has 160 valence electrons. The van der Waals surface area contributed by atoms with Crippen molar-refractivity contribution in [2.24, 2.45) is 0 Å². The van der Waals surface area contributed by atoms with Gasteiger partial charge in [-0.2, -0.15) is 0 Å². The Morgan fingerprint density at radius 2 is 1.87 bits per heavy atom. The predicted octanol–water partition coefficient (Wildman–Crippen LogP) is 5.67. The minimum atomic E-state index is -0.163. The molecule has 0 bridgehead atoms. The van der Waals surface area contributed by atoms with E-state index in [1.165, 1.54) is 16.9 Å². The molecule has 0 fully saturated rings. The molecule has 0 spiro atoms. The first-order chi connectivity index (χ1) is 14.4. The van der Waals surface area contributed by atoms with Crippen LogP contribution in [-0.4, -0.2) is 48.6 Å². The Morgan fingerprint density at radius 1 is 1.10 bits per heavy atom. The summed E-state index contributed by atoms with van der Waals surface area (Å²) in [5.41, 5.74) is 2.06. The number of fused-ring (bicyclic) bond motifs is 1. The molecule has 0 radical (unpaired) electrons. The Bertz CT molecular complexity index is 1020. The number of benzene rings is 2. The third-order valence-corrected chi connectivity index (χ3v) is 6.42. The number of ether oxygens (including phenoxy) is 1. The maximum absolute atomic E-state index is 13.1. The van der Waals surface area contributed by atoms with E-state index in [1.807, 2.05) is 19.1 Å². The number of aromatic nitrogens is 1. The summed E-state index contributed by atoms with van der Waals surface area (Å²) < 4.78 is 6.75. The van der Waals surface area contributed by atoms with Crippen LogP contribution in [0, 0.1) is 6.92 Å². The highest BCUT2D eigenvalue weighted by Crippen LogP contribution is 2.30. The Balaban J connectivity index is 1.80. The lowest BCUT2D eigenvalue weighted by Crippen LogP contribution is -2.41. The Kier molecular flexibility index (Phi) is 7.94. The van der Waals surface area contributed by atoms with Crippen LogP contribution >= 0.6 is 34.5 Å². The minimum Gasteiger partial charge on any atom is -0.482 e. The number of amides is 1. The van der Waals surface area contributed by atoms with Gasteiger partial charge in [-0.1, -0.05) is 54.5 Å². The summed E-state index contributed by atoms with van der Waals surface area (Å²) in [5.74, 6) is 0.266. The SMILES string of the molecule is CCN(CC)CCN(C(=O)COc1ccc(Cl)cc1Cl)c1nc2ccc(C)cc2s1. The molecule has 30 heavy (non-hydrogen) atoms. The molecule has 0 saturated carbocycles. The topological polar surface area (TPSA) is 45.7 Å². The summed E-state index contributed by atoms with van der Waals surface area (Å²) in [4.78, 5) is 21.8. The summed E-state index contributed by atoms with van der Waals surface area (Å²) in [5, 5.41) is 1.57. The first-order valence-corrected chi connectivity index (χ1v) is 11.5. The molecular formula is C22H25Cl2N3O2S. The molecule has 0 aliphatic rings. The lowest BCUT2D eigenvalue weighted by atomic mass is 10.2. The van der Waals surface area contributed by atoms with Gasteiger partial charge in [-0.15, -0.1) is 0 Å². The van der Waals surface area contributed by atoms with E-state index in [4.69, 9.17) is 32.9 Å². The molecular weight excluding hydrogens is 441 g/mol. The van der Waals surface area contributed by atoms with E-state index < -0.39 is 0 Å². The molecule has 0 saturated heterocycles. The second-order valence-corrected chi connectivity index (χ2v) is 8.76. The molecule has 0 aliphatic heterocycles. The second-order valence-electron chi connectivity index (χ2n) is 6.90. The average Bonchev–Trinajstić information content (AvgIpc) is 3.13. The molecule has 0 unspecified atom stereocenters. The number of carbonyl (C=O) groups is 1. The van der Waals surface area contributed by atoms with Crippen molar-refractivity contribution in [3.63, 3.8) is 0 Å². The molecule has 8 heteroatoms. The van der Waals surface area contributed by atoms with Crippen LogP contribution in [0.1, 0.15) is 19.4 Å². The fourth-order valence-electron chi connectivity index (χ4n) is 3.05. The van der Waals surface area contributed by atoms with Crippen molar-refractivity contribution in [3.8, 4) is 5.75 Å². The zero-order chi connectivity index (χ0) is 21.7. The van der Waals surface area contributed by atoms with E-state index in [1.54, 1.807) is 23.1 Å². The van der Waals surface area contributed by atoms with Crippen molar-refractivity contribution in [2.75, 3.05) is 37.7 Å². The fourth-order valence-corrected chi connectivity index (χ4v) is 4.62. The number of thiazole rings is 1. The minimum absolute atomic E-state index is 0.130. The van der Waals surface area contributed by atoms with E-state index in [0.717, 1.165) is 29.9 Å². The molecule has 1 heterocycles. The van der Waals surface area contributed by atoms with Crippen LogP contribution in [0.4, 0.5) is 5.13 Å². The maximum atomic E-state index is 13.1. The normalized spacial score (nSPS) is 11.3. The van der Waals surface area contributed by atoms with Gasteiger partial charge in [-0.05, 0) is 55.9 Å². The number of halogens is 2. The van der Waals surface area contributed by atoms with Crippen LogP contribution in [0.2, 0.25) is 10.0 Å². The van der Waals surface area contributed by atoms with Crippen LogP contribution in [-0.2, 0) is 4.79 Å². The molecule has 5 nitrogen and oxygen atoms in total. The van der Waals surface area contributed by atoms with E-state index in [9.17, 15) is 4.79 Å². The molecule has 0 aliphatic carbocycles. The Hall–Kier alpha value is -1.86. The lowest BCUT2D eigenvalue weighted by molar-refractivity contribution is -0.120. The van der Waals surface area contributed by atoms with Crippen LogP contribution in [0.5, 0.6) is 5.75 Å². The van der Waals surface area contributed by atoms with Crippen molar-refractivity contribution in [3.05, 3.63) is 52.0 Å². The number of carbonyl (C=O) groups excluding carboxylic acids is 1. The van der Waals surface area contributed by atoms with E-state index in [0.29, 0.717) is 27.5 Å². The third kappa shape index (κ3) is 5.64. The number of hydrogen-bond donors (Lipinski definition) is 0. The largest absolute Gasteiger partial charge is 0.482 e. The smallest absolute Gasteiger partial charge is 0.266 e. The molecule has 0 atom stereocenters. The van der Waals surface area contributed by atoms with Crippen LogP contribution < -0.4 is 9.64 Å². The highest BCUT2D eigenvalue weighted by Gasteiger charge is 2.21. The van der Waals surface area contributed by atoms with Gasteiger partial charge in [0, 0.05) is 18.1 Å². The number of hydrogen-bond acceptors (Lipinski definition) is 5. The Labute approximate surface area is 191 Å². The van der Waals surface area contributed by atoms with Crippen molar-refractivity contribution in [1.82, 2.24) is 9.88 Å². The number of anilines is 1. The molecule has 0 N–H and O–H groups in total. The predicted molar refractivity (Wildman–Crippen MR) is 126 cm³/mol. The summed E-state index contributed by atoms with van der Waals surface area (Å²) in [6, 6.07) is 11.0. The molecule has 3 aromatic rings. The van der Waals surface area contributed by atoms with Crippen molar-refractivity contribution in [2.45, 2.75) is 20.8 Å². The van der Waals surface area contributed by atoms with Gasteiger partial charge in [0.05, 0.1) is 15.2 Å². The molecule has 3 rings (SSSR count). The summed E-state index contributed by atoms with van der Waals surface area (Å²) in [6.45, 7) is 9.29. The van der Waals surface area contributed by atoms with Crippen LogP contribution in [0.25, 0.3) is 10.2 Å². The molecule has 2 aromatic carbocycles. The van der Waals surface area contributed by atoms with Crippen molar-refractivity contribution in [1.29, 1.82) is 0 Å². The summed E-state index contributed by atoms with van der Waals surface area (Å²) in [7, 11) is 0. The zero-order valence-corrected chi connectivity index (χ0v) is 19.7. The van der Waals surface area contributed by atoms with Gasteiger partial charge in [-0.3, -0.25) is 9.69 Å². The Morgan fingerprint density at radius 3 is 2.57 bits per heavy atom. The monoisotopic (exact) mass is 465 g/mol. The highest BCUT2D eigenvalue weighted by atomic mass is 35.5. The number of aryl methyl sites for hydroxylation is 1. The second kappa shape index (κ2) is 10.4. The third-order valence-electron chi connectivity index (χ3n) is 4.84. The first kappa shape index (κ1) is 22.8. The van der Waals surface area contributed by atoms with E-state index in [-0.39, 0.29) is 12.5 Å².